The topological polar surface area (TPSA) is 93.4 Å². The molecule has 252 valence electrons. The number of carbonyl (C=O) groups excluding carboxylic acids is 1. The first-order chi connectivity index (χ1) is 24.4. The highest BCUT2D eigenvalue weighted by molar-refractivity contribution is 7.23. The number of thiophene rings is 1. The number of hydrogen-bond acceptors (Lipinski definition) is 8. The fraction of sp³-hybridized carbons (Fsp3) is 0.282. The second-order valence-corrected chi connectivity index (χ2v) is 14.2. The largest absolute Gasteiger partial charge is 0.493 e. The molecule has 3 aromatic carbocycles. The van der Waals surface area contributed by atoms with Crippen molar-refractivity contribution in [1.82, 2.24) is 20.1 Å². The minimum atomic E-state index is -0.346. The van der Waals surface area contributed by atoms with Gasteiger partial charge in [0.1, 0.15) is 5.82 Å². The van der Waals surface area contributed by atoms with E-state index in [1.54, 1.807) is 30.4 Å². The lowest BCUT2D eigenvalue weighted by molar-refractivity contribution is 0.0776. The molecule has 2 atom stereocenters. The van der Waals surface area contributed by atoms with Gasteiger partial charge in [-0.3, -0.25) is 9.78 Å². The van der Waals surface area contributed by atoms with Gasteiger partial charge in [-0.2, -0.15) is 0 Å². The van der Waals surface area contributed by atoms with Crippen LogP contribution in [-0.4, -0.2) is 39.6 Å². The molecule has 6 aromatic rings. The molecule has 1 amide bonds. The number of amides is 1. The molecule has 3 aromatic heterocycles. The lowest BCUT2D eigenvalue weighted by Gasteiger charge is -2.17. The van der Waals surface area contributed by atoms with Crippen molar-refractivity contribution >= 4 is 33.0 Å². The maximum absolute atomic E-state index is 14.5. The second kappa shape index (κ2) is 12.0. The molecule has 1 N–H and O–H groups in total. The number of aryl methyl sites for hydroxylation is 3. The highest BCUT2D eigenvalue weighted by Crippen LogP contribution is 2.51. The molecule has 0 bridgehead atoms. The van der Waals surface area contributed by atoms with E-state index in [0.29, 0.717) is 48.0 Å². The molecule has 11 heteroatoms. The van der Waals surface area contributed by atoms with Crippen LogP contribution in [-0.2, 0) is 19.3 Å². The molecule has 0 saturated carbocycles. The molecule has 1 saturated heterocycles. The van der Waals surface area contributed by atoms with Crippen LogP contribution in [0.4, 0.5) is 14.5 Å². The van der Waals surface area contributed by atoms with E-state index in [9.17, 15) is 13.6 Å². The fourth-order valence-corrected chi connectivity index (χ4v) is 9.21. The van der Waals surface area contributed by atoms with Gasteiger partial charge < -0.3 is 19.4 Å². The molecular weight excluding hydrogens is 657 g/mol. The molecule has 5 heterocycles. The molecule has 50 heavy (non-hydrogen) atoms. The van der Waals surface area contributed by atoms with E-state index in [1.165, 1.54) is 25.3 Å². The fourth-order valence-electron chi connectivity index (χ4n) is 8.02. The molecule has 0 spiro atoms. The molecule has 1 fully saturated rings. The normalized spacial score (nSPS) is 17.8. The van der Waals surface area contributed by atoms with Crippen LogP contribution in [0, 0.1) is 18.6 Å². The zero-order chi connectivity index (χ0) is 34.1. The number of methoxy groups -OCH3 is 1. The van der Waals surface area contributed by atoms with E-state index in [1.807, 2.05) is 17.0 Å². The zero-order valence-electron chi connectivity index (χ0n) is 27.6. The summed E-state index contributed by atoms with van der Waals surface area (Å²) in [5.41, 5.74) is 7.50. The number of rotatable bonds is 8. The first kappa shape index (κ1) is 30.9. The number of nitrogens with one attached hydrogen (secondary N) is 1. The van der Waals surface area contributed by atoms with Gasteiger partial charge in [0.2, 0.25) is 11.8 Å². The Morgan fingerprint density at radius 2 is 1.88 bits per heavy atom. The summed E-state index contributed by atoms with van der Waals surface area (Å²) in [6.07, 6.45) is 4.47. The number of fused-ring (bicyclic) bond motifs is 5. The molecular formula is C39H33F2N5O3S. The predicted octanol–water partition coefficient (Wildman–Crippen LogP) is 8.78. The van der Waals surface area contributed by atoms with Crippen molar-refractivity contribution in [2.45, 2.75) is 57.5 Å². The van der Waals surface area contributed by atoms with Crippen LogP contribution in [0.1, 0.15) is 75.7 Å². The number of halogens is 2. The van der Waals surface area contributed by atoms with E-state index in [2.05, 4.69) is 33.7 Å². The first-order valence-electron chi connectivity index (χ1n) is 17.0. The number of nitrogens with zero attached hydrogens (tertiary/aromatic N) is 4. The van der Waals surface area contributed by atoms with Crippen LogP contribution < -0.4 is 10.1 Å². The van der Waals surface area contributed by atoms with Crippen LogP contribution >= 0.6 is 11.3 Å². The summed E-state index contributed by atoms with van der Waals surface area (Å²) in [5, 5.41) is 13.4. The standard InChI is InChI=1S/C39H33F2N5O3S/c1-20-44-45-38(49-20)32-28(16-10-21-8-11-23(40)12-9-21)43-35-30-7-4-18-46(30)39(47)34(35)33(32)31-19-22-5-3-6-29(37(22)50-31)42-27-17-14-25-24(27)13-15-26(41)36(25)48-2/h3,5-6,8-9,11-13,15,19,27,30,42H,4,7,10,14,16-18H2,1-2H3/t27?,30-/m1/s1. The van der Waals surface area contributed by atoms with Crippen LogP contribution in [0.2, 0.25) is 0 Å². The number of benzene rings is 3. The van der Waals surface area contributed by atoms with Crippen LogP contribution in [0.3, 0.4) is 0 Å². The molecule has 0 radical (unpaired) electrons. The molecule has 1 aliphatic carbocycles. The van der Waals surface area contributed by atoms with Crippen molar-refractivity contribution in [3.05, 3.63) is 112 Å². The molecule has 9 rings (SSSR count). The maximum atomic E-state index is 14.5. The monoisotopic (exact) mass is 689 g/mol. The Bertz CT molecular complexity index is 2320. The van der Waals surface area contributed by atoms with Gasteiger partial charge >= 0.3 is 0 Å². The van der Waals surface area contributed by atoms with Gasteiger partial charge in [0.05, 0.1) is 52.1 Å². The number of anilines is 1. The van der Waals surface area contributed by atoms with Gasteiger partial charge in [-0.15, -0.1) is 21.5 Å². The third kappa shape index (κ3) is 4.97. The summed E-state index contributed by atoms with van der Waals surface area (Å²) in [6.45, 7) is 2.44. The molecule has 3 aliphatic rings. The zero-order valence-corrected chi connectivity index (χ0v) is 28.4. The van der Waals surface area contributed by atoms with Crippen LogP contribution in [0.25, 0.3) is 32.0 Å². The minimum Gasteiger partial charge on any atom is -0.493 e. The summed E-state index contributed by atoms with van der Waals surface area (Å²) in [6, 6.07) is 18.1. The average Bonchev–Trinajstić information content (AvgIpc) is 3.96. The minimum absolute atomic E-state index is 0.00966. The lowest BCUT2D eigenvalue weighted by Crippen LogP contribution is -2.22. The van der Waals surface area contributed by atoms with Crippen LogP contribution in [0.5, 0.6) is 5.75 Å². The van der Waals surface area contributed by atoms with Crippen molar-refractivity contribution in [2.24, 2.45) is 0 Å². The quantitative estimate of drug-likeness (QED) is 0.171. The number of carbonyl (C=O) groups is 1. The van der Waals surface area contributed by atoms with Gasteiger partial charge in [-0.05, 0) is 85.4 Å². The van der Waals surface area contributed by atoms with Crippen molar-refractivity contribution in [2.75, 3.05) is 19.0 Å². The SMILES string of the molecule is COc1c(F)ccc2c1CCC2Nc1cccc2cc(-c3c4c(nc(CCc5ccc(F)cc5)c3-c3nnc(C)o3)[C@H]3CCCN3C4=O)sc12. The third-order valence-electron chi connectivity index (χ3n) is 10.3. The van der Waals surface area contributed by atoms with Gasteiger partial charge in [-0.1, -0.05) is 30.3 Å². The van der Waals surface area contributed by atoms with Crippen molar-refractivity contribution in [3.8, 4) is 27.6 Å². The highest BCUT2D eigenvalue weighted by Gasteiger charge is 2.45. The Kier molecular flexibility index (Phi) is 7.42. The van der Waals surface area contributed by atoms with Crippen molar-refractivity contribution in [3.63, 3.8) is 0 Å². The summed E-state index contributed by atoms with van der Waals surface area (Å²) < 4.78 is 40.8. The Balaban J connectivity index is 1.20. The maximum Gasteiger partial charge on any atom is 0.257 e. The average molecular weight is 690 g/mol. The molecule has 8 nitrogen and oxygen atoms in total. The summed E-state index contributed by atoms with van der Waals surface area (Å²) in [5.74, 6) is 0.408. The lowest BCUT2D eigenvalue weighted by atomic mass is 9.93. The number of aromatic nitrogens is 3. The van der Waals surface area contributed by atoms with Crippen LogP contribution in [0.15, 0.2) is 65.1 Å². The molecule has 1 unspecified atom stereocenters. The first-order valence-corrected chi connectivity index (χ1v) is 17.8. The highest BCUT2D eigenvalue weighted by atomic mass is 32.1. The Morgan fingerprint density at radius 1 is 1.02 bits per heavy atom. The summed E-state index contributed by atoms with van der Waals surface area (Å²) >= 11 is 1.61. The second-order valence-electron chi connectivity index (χ2n) is 13.2. The number of ether oxygens (including phenoxy) is 1. The van der Waals surface area contributed by atoms with Gasteiger partial charge in [0.25, 0.3) is 5.91 Å². The Morgan fingerprint density at radius 3 is 2.68 bits per heavy atom. The number of pyridine rings is 1. The van der Waals surface area contributed by atoms with Crippen molar-refractivity contribution in [1.29, 1.82) is 0 Å². The van der Waals surface area contributed by atoms with E-state index in [-0.39, 0.29) is 29.6 Å². The van der Waals surface area contributed by atoms with E-state index < -0.39 is 0 Å². The smallest absolute Gasteiger partial charge is 0.257 e. The van der Waals surface area contributed by atoms with Gasteiger partial charge in [-0.25, -0.2) is 8.78 Å². The summed E-state index contributed by atoms with van der Waals surface area (Å²) in [7, 11) is 1.51. The van der Waals surface area contributed by atoms with Gasteiger partial charge in [0.15, 0.2) is 11.6 Å². The predicted molar refractivity (Wildman–Crippen MR) is 188 cm³/mol. The van der Waals surface area contributed by atoms with Crippen molar-refractivity contribution < 1.29 is 22.7 Å². The Hall–Kier alpha value is -5.16. The van der Waals surface area contributed by atoms with E-state index >= 15 is 0 Å². The summed E-state index contributed by atoms with van der Waals surface area (Å²) in [4.78, 5) is 22.3. The third-order valence-corrected chi connectivity index (χ3v) is 11.5. The number of hydrogen-bond donors (Lipinski definition) is 1. The van der Waals surface area contributed by atoms with Gasteiger partial charge in [0, 0.05) is 29.5 Å². The Labute approximate surface area is 291 Å². The van der Waals surface area contributed by atoms with E-state index in [4.69, 9.17) is 14.1 Å². The van der Waals surface area contributed by atoms with E-state index in [0.717, 1.165) is 80.0 Å². The molecule has 2 aliphatic heterocycles.